The predicted octanol–water partition coefficient (Wildman–Crippen LogP) is 3.60. The van der Waals surface area contributed by atoms with Crippen molar-refractivity contribution in [2.75, 3.05) is 10.6 Å². The fourth-order valence-electron chi connectivity index (χ4n) is 2.43. The highest BCUT2D eigenvalue weighted by Crippen LogP contribution is 2.30. The molecular formula is C18H17N3O3. The van der Waals surface area contributed by atoms with Gasteiger partial charge in [0.15, 0.2) is 0 Å². The first-order valence-corrected chi connectivity index (χ1v) is 7.29. The first-order valence-electron chi connectivity index (χ1n) is 7.29. The first kappa shape index (κ1) is 17.0. The summed E-state index contributed by atoms with van der Waals surface area (Å²) < 4.78 is 0. The van der Waals surface area contributed by atoms with Gasteiger partial charge in [0.25, 0.3) is 0 Å². The molecular weight excluding hydrogens is 306 g/mol. The number of carboxylic acids is 1. The number of anilines is 3. The molecule has 122 valence electrons. The van der Waals surface area contributed by atoms with Crippen molar-refractivity contribution in [2.24, 2.45) is 0 Å². The molecule has 6 nitrogen and oxygen atoms in total. The number of carbonyl (C=O) groups excluding carboxylic acids is 1. The third-order valence-electron chi connectivity index (χ3n) is 3.30. The molecule has 0 aliphatic rings. The van der Waals surface area contributed by atoms with E-state index in [1.54, 1.807) is 12.1 Å². The van der Waals surface area contributed by atoms with Crippen molar-refractivity contribution in [3.05, 3.63) is 53.1 Å². The quantitative estimate of drug-likeness (QED) is 0.780. The van der Waals surface area contributed by atoms with Crippen LogP contribution in [0.15, 0.2) is 36.4 Å². The number of nitrogens with zero attached hydrogens (tertiary/aromatic N) is 1. The molecule has 0 heterocycles. The Labute approximate surface area is 139 Å². The molecule has 3 N–H and O–H groups in total. The average Bonchev–Trinajstić information content (AvgIpc) is 2.47. The maximum Gasteiger partial charge on any atom is 0.337 e. The Morgan fingerprint density at radius 2 is 1.83 bits per heavy atom. The number of amides is 1. The van der Waals surface area contributed by atoms with Crippen LogP contribution in [0.1, 0.15) is 27.9 Å². The molecule has 0 aliphatic carbocycles. The summed E-state index contributed by atoms with van der Waals surface area (Å²) in [5, 5.41) is 23.7. The lowest BCUT2D eigenvalue weighted by molar-refractivity contribution is -0.115. The van der Waals surface area contributed by atoms with Crippen LogP contribution in [-0.2, 0) is 4.79 Å². The monoisotopic (exact) mass is 323 g/mol. The van der Waals surface area contributed by atoms with Gasteiger partial charge < -0.3 is 15.7 Å². The van der Waals surface area contributed by atoms with E-state index in [2.05, 4.69) is 10.6 Å². The van der Waals surface area contributed by atoms with Gasteiger partial charge in [0, 0.05) is 5.69 Å². The second-order valence-corrected chi connectivity index (χ2v) is 5.42. The molecule has 24 heavy (non-hydrogen) atoms. The van der Waals surface area contributed by atoms with Crippen LogP contribution in [0.2, 0.25) is 0 Å². The van der Waals surface area contributed by atoms with Gasteiger partial charge in [-0.25, -0.2) is 4.79 Å². The fourth-order valence-corrected chi connectivity index (χ4v) is 2.43. The van der Waals surface area contributed by atoms with Crippen LogP contribution in [0, 0.1) is 25.2 Å². The molecule has 0 aromatic heterocycles. The molecule has 0 aliphatic heterocycles. The summed E-state index contributed by atoms with van der Waals surface area (Å²) >= 11 is 0. The van der Waals surface area contributed by atoms with Crippen LogP contribution in [0.4, 0.5) is 17.1 Å². The number of aromatic carboxylic acids is 1. The van der Waals surface area contributed by atoms with Gasteiger partial charge in [0.1, 0.15) is 6.42 Å². The zero-order chi connectivity index (χ0) is 17.7. The summed E-state index contributed by atoms with van der Waals surface area (Å²) in [5.41, 5.74) is 3.40. The van der Waals surface area contributed by atoms with Gasteiger partial charge in [0.2, 0.25) is 5.91 Å². The Balaban J connectivity index is 2.46. The minimum atomic E-state index is -1.11. The van der Waals surface area contributed by atoms with Gasteiger partial charge >= 0.3 is 5.97 Å². The Morgan fingerprint density at radius 3 is 2.42 bits per heavy atom. The second-order valence-electron chi connectivity index (χ2n) is 5.42. The maximum atomic E-state index is 11.7. The molecule has 6 heteroatoms. The Morgan fingerprint density at radius 1 is 1.17 bits per heavy atom. The van der Waals surface area contributed by atoms with Crippen LogP contribution in [-0.4, -0.2) is 17.0 Å². The van der Waals surface area contributed by atoms with Crippen molar-refractivity contribution in [1.29, 1.82) is 5.26 Å². The predicted molar refractivity (Wildman–Crippen MR) is 91.5 cm³/mol. The number of rotatable bonds is 5. The lowest BCUT2D eigenvalue weighted by Crippen LogP contribution is -2.13. The van der Waals surface area contributed by atoms with Crippen molar-refractivity contribution in [3.63, 3.8) is 0 Å². The van der Waals surface area contributed by atoms with Crippen LogP contribution in [0.3, 0.4) is 0 Å². The summed E-state index contributed by atoms with van der Waals surface area (Å²) in [6.45, 7) is 3.88. The van der Waals surface area contributed by atoms with Crippen molar-refractivity contribution < 1.29 is 14.7 Å². The highest BCUT2D eigenvalue weighted by atomic mass is 16.4. The topological polar surface area (TPSA) is 102 Å². The molecule has 1 amide bonds. The van der Waals surface area contributed by atoms with E-state index in [1.807, 2.05) is 32.0 Å². The van der Waals surface area contributed by atoms with Gasteiger partial charge in [0.05, 0.1) is 23.0 Å². The largest absolute Gasteiger partial charge is 0.478 e. The molecule has 0 atom stereocenters. The third kappa shape index (κ3) is 4.11. The highest BCUT2D eigenvalue weighted by molar-refractivity contribution is 6.03. The van der Waals surface area contributed by atoms with E-state index < -0.39 is 11.9 Å². The minimum Gasteiger partial charge on any atom is -0.478 e. The number of hydrogen-bond donors (Lipinski definition) is 3. The SMILES string of the molecule is Cc1cc(C)cc(Nc2c(NC(=O)CC#N)cccc2C(=O)O)c1. The maximum absolute atomic E-state index is 11.7. The summed E-state index contributed by atoms with van der Waals surface area (Å²) in [7, 11) is 0. The van der Waals surface area contributed by atoms with Gasteiger partial charge in [-0.05, 0) is 49.2 Å². The molecule has 0 saturated heterocycles. The van der Waals surface area contributed by atoms with Crippen LogP contribution in [0.25, 0.3) is 0 Å². The van der Waals surface area contributed by atoms with Crippen molar-refractivity contribution >= 4 is 28.9 Å². The lowest BCUT2D eigenvalue weighted by Gasteiger charge is -2.16. The number of nitrogens with one attached hydrogen (secondary N) is 2. The Bertz CT molecular complexity index is 818. The number of hydrogen-bond acceptors (Lipinski definition) is 4. The Hall–Kier alpha value is -3.33. The summed E-state index contributed by atoms with van der Waals surface area (Å²) in [6.07, 6.45) is -0.305. The van der Waals surface area contributed by atoms with Gasteiger partial charge in [-0.3, -0.25) is 4.79 Å². The molecule has 0 bridgehead atoms. The van der Waals surface area contributed by atoms with Gasteiger partial charge in [-0.1, -0.05) is 12.1 Å². The summed E-state index contributed by atoms with van der Waals surface area (Å²) in [6, 6.07) is 12.1. The minimum absolute atomic E-state index is 0.0314. The third-order valence-corrected chi connectivity index (χ3v) is 3.30. The standard InChI is InChI=1S/C18H17N3O3/c1-11-8-12(2)10-13(9-11)20-17-14(18(23)24)4-3-5-15(17)21-16(22)6-7-19/h3-5,8-10,20H,6H2,1-2H3,(H,21,22)(H,23,24). The molecule has 0 unspecified atom stereocenters. The first-order chi connectivity index (χ1) is 11.4. The average molecular weight is 323 g/mol. The van der Waals surface area contributed by atoms with Crippen LogP contribution in [0.5, 0.6) is 0 Å². The van der Waals surface area contributed by atoms with E-state index in [0.717, 1.165) is 16.8 Å². The fraction of sp³-hybridized carbons (Fsp3) is 0.167. The Kier molecular flexibility index (Phi) is 5.17. The van der Waals surface area contributed by atoms with E-state index >= 15 is 0 Å². The number of carboxylic acid groups (broad SMARTS) is 1. The van der Waals surface area contributed by atoms with Crippen LogP contribution < -0.4 is 10.6 Å². The van der Waals surface area contributed by atoms with Gasteiger partial charge in [-0.2, -0.15) is 5.26 Å². The van der Waals surface area contributed by atoms with Gasteiger partial charge in [-0.15, -0.1) is 0 Å². The lowest BCUT2D eigenvalue weighted by atomic mass is 10.1. The number of nitriles is 1. The molecule has 2 aromatic carbocycles. The normalized spacial score (nSPS) is 9.88. The number of para-hydroxylation sites is 1. The number of carbonyl (C=O) groups is 2. The van der Waals surface area contributed by atoms with E-state index in [0.29, 0.717) is 5.69 Å². The van der Waals surface area contributed by atoms with Crippen LogP contribution >= 0.6 is 0 Å². The van der Waals surface area contributed by atoms with E-state index in [4.69, 9.17) is 5.26 Å². The summed E-state index contributed by atoms with van der Waals surface area (Å²) in [5.74, 6) is -1.61. The molecule has 2 aromatic rings. The zero-order valence-electron chi connectivity index (χ0n) is 13.4. The second kappa shape index (κ2) is 7.29. The number of benzene rings is 2. The van der Waals surface area contributed by atoms with E-state index in [1.165, 1.54) is 12.1 Å². The van der Waals surface area contributed by atoms with Crippen molar-refractivity contribution in [2.45, 2.75) is 20.3 Å². The smallest absolute Gasteiger partial charge is 0.337 e. The van der Waals surface area contributed by atoms with Crippen molar-refractivity contribution in [1.82, 2.24) is 0 Å². The molecule has 2 rings (SSSR count). The van der Waals surface area contributed by atoms with E-state index in [-0.39, 0.29) is 17.7 Å². The molecule has 0 spiro atoms. The highest BCUT2D eigenvalue weighted by Gasteiger charge is 2.16. The zero-order valence-corrected chi connectivity index (χ0v) is 13.4. The summed E-state index contributed by atoms with van der Waals surface area (Å²) in [4.78, 5) is 23.2. The molecule has 0 radical (unpaired) electrons. The molecule has 0 saturated carbocycles. The van der Waals surface area contributed by atoms with Crippen molar-refractivity contribution in [3.8, 4) is 6.07 Å². The number of aryl methyl sites for hydroxylation is 2. The molecule has 0 fully saturated rings. The van der Waals surface area contributed by atoms with E-state index in [9.17, 15) is 14.7 Å².